The molecular formula is C18H26O. The van der Waals surface area contributed by atoms with Crippen molar-refractivity contribution in [2.45, 2.75) is 32.1 Å². The topological polar surface area (TPSA) is 9.23 Å². The van der Waals surface area contributed by atoms with Gasteiger partial charge in [0.15, 0.2) is 0 Å². The summed E-state index contributed by atoms with van der Waals surface area (Å²) in [7, 11) is 3.25. The van der Waals surface area contributed by atoms with Crippen LogP contribution in [0.25, 0.3) is 11.6 Å². The number of hydrogen-bond acceptors (Lipinski definition) is 1. The molecule has 2 rings (SSSR count). The van der Waals surface area contributed by atoms with Crippen molar-refractivity contribution in [2.24, 2.45) is 5.92 Å². The van der Waals surface area contributed by atoms with Gasteiger partial charge in [0.1, 0.15) is 0 Å². The molecule has 1 aromatic rings. The van der Waals surface area contributed by atoms with Crippen LogP contribution in [0.2, 0.25) is 0 Å². The highest BCUT2D eigenvalue weighted by atomic mass is 16.4. The molecule has 1 nitrogen and oxygen atoms in total. The predicted octanol–water partition coefficient (Wildman–Crippen LogP) is 5.19. The van der Waals surface area contributed by atoms with Crippen LogP contribution in [0.4, 0.5) is 0 Å². The van der Waals surface area contributed by atoms with Gasteiger partial charge in [-0.05, 0) is 35.5 Å². The average molecular weight is 258 g/mol. The zero-order valence-electron chi connectivity index (χ0n) is 12.3. The summed E-state index contributed by atoms with van der Waals surface area (Å²) in [4.78, 5) is 0. The van der Waals surface area contributed by atoms with Crippen molar-refractivity contribution in [3.8, 4) is 0 Å². The third-order valence-corrected chi connectivity index (χ3v) is 3.62. The summed E-state index contributed by atoms with van der Waals surface area (Å²) < 4.78 is 4.25. The Labute approximate surface area is 118 Å². The maximum atomic E-state index is 4.28. The van der Waals surface area contributed by atoms with Crippen molar-refractivity contribution < 1.29 is 4.74 Å². The van der Waals surface area contributed by atoms with Gasteiger partial charge in [0.2, 0.25) is 0 Å². The lowest BCUT2D eigenvalue weighted by atomic mass is 9.82. The predicted molar refractivity (Wildman–Crippen MR) is 85.1 cm³/mol. The van der Waals surface area contributed by atoms with Gasteiger partial charge in [0.05, 0.1) is 0 Å². The van der Waals surface area contributed by atoms with Crippen molar-refractivity contribution in [2.75, 3.05) is 14.2 Å². The summed E-state index contributed by atoms with van der Waals surface area (Å²) in [5, 5.41) is 0. The highest BCUT2D eigenvalue weighted by molar-refractivity contribution is 5.66. The molecule has 104 valence electrons. The summed E-state index contributed by atoms with van der Waals surface area (Å²) in [6, 6.07) is 8.59. The molecule has 1 heteroatoms. The Bertz CT molecular complexity index is 383. The Morgan fingerprint density at radius 2 is 1.63 bits per heavy atom. The van der Waals surface area contributed by atoms with Crippen LogP contribution in [0.3, 0.4) is 0 Å². The molecule has 1 aliphatic rings. The zero-order chi connectivity index (χ0) is 14.1. The van der Waals surface area contributed by atoms with E-state index in [2.05, 4.69) is 42.2 Å². The van der Waals surface area contributed by atoms with E-state index in [0.717, 1.165) is 0 Å². The smallest absolute Gasteiger partial charge is 0.0351 e. The lowest BCUT2D eigenvalue weighted by Crippen LogP contribution is -2.07. The van der Waals surface area contributed by atoms with E-state index in [1.165, 1.54) is 48.8 Å². The van der Waals surface area contributed by atoms with E-state index in [4.69, 9.17) is 0 Å². The summed E-state index contributed by atoms with van der Waals surface area (Å²) in [6.07, 6.45) is 8.67. The number of benzene rings is 1. The Morgan fingerprint density at radius 3 is 2.11 bits per heavy atom. The minimum Gasteiger partial charge on any atom is -0.388 e. The first-order chi connectivity index (χ1) is 9.22. The second-order valence-corrected chi connectivity index (χ2v) is 5.09. The fourth-order valence-electron chi connectivity index (χ4n) is 2.52. The van der Waals surface area contributed by atoms with Crippen molar-refractivity contribution >= 4 is 11.6 Å². The molecule has 0 N–H and O–H groups in total. The fraction of sp³-hybridized carbons (Fsp3) is 0.444. The SMILES string of the molecule is C=Cc1ccc(C(=C)C2CCCCC2)cc1.COC. The molecule has 0 aliphatic heterocycles. The molecule has 1 aromatic carbocycles. The molecule has 0 bridgehead atoms. The largest absolute Gasteiger partial charge is 0.388 e. The van der Waals surface area contributed by atoms with Gasteiger partial charge in [-0.2, -0.15) is 0 Å². The van der Waals surface area contributed by atoms with Crippen LogP contribution in [-0.4, -0.2) is 14.2 Å². The molecule has 0 spiro atoms. The van der Waals surface area contributed by atoms with Crippen molar-refractivity contribution in [3.63, 3.8) is 0 Å². The molecule has 0 aromatic heterocycles. The molecule has 0 radical (unpaired) electrons. The number of methoxy groups -OCH3 is 1. The summed E-state index contributed by atoms with van der Waals surface area (Å²) in [5.74, 6) is 0.711. The Hall–Kier alpha value is -1.34. The van der Waals surface area contributed by atoms with E-state index in [-0.39, 0.29) is 0 Å². The van der Waals surface area contributed by atoms with Gasteiger partial charge >= 0.3 is 0 Å². The lowest BCUT2D eigenvalue weighted by molar-refractivity contribution is 0.277. The number of allylic oxidation sites excluding steroid dienone is 1. The first-order valence-electron chi connectivity index (χ1n) is 7.04. The van der Waals surface area contributed by atoms with E-state index in [0.29, 0.717) is 5.92 Å². The Morgan fingerprint density at radius 1 is 1.11 bits per heavy atom. The minimum atomic E-state index is 0.711. The van der Waals surface area contributed by atoms with E-state index < -0.39 is 0 Å². The summed E-state index contributed by atoms with van der Waals surface area (Å²) in [6.45, 7) is 8.05. The molecule has 0 heterocycles. The van der Waals surface area contributed by atoms with Crippen LogP contribution in [0, 0.1) is 5.92 Å². The van der Waals surface area contributed by atoms with Crippen molar-refractivity contribution in [3.05, 3.63) is 48.6 Å². The van der Waals surface area contributed by atoms with Crippen LogP contribution >= 0.6 is 0 Å². The second kappa shape index (κ2) is 8.71. The molecule has 0 unspecified atom stereocenters. The monoisotopic (exact) mass is 258 g/mol. The number of rotatable bonds is 3. The van der Waals surface area contributed by atoms with Gasteiger partial charge in [0.25, 0.3) is 0 Å². The molecule has 19 heavy (non-hydrogen) atoms. The highest BCUT2D eigenvalue weighted by Crippen LogP contribution is 2.34. The van der Waals surface area contributed by atoms with Gasteiger partial charge in [-0.3, -0.25) is 0 Å². The van der Waals surface area contributed by atoms with Crippen LogP contribution in [0.1, 0.15) is 43.2 Å². The highest BCUT2D eigenvalue weighted by Gasteiger charge is 2.17. The molecule has 0 amide bonds. The van der Waals surface area contributed by atoms with Crippen LogP contribution in [0.5, 0.6) is 0 Å². The van der Waals surface area contributed by atoms with Gasteiger partial charge in [-0.15, -0.1) is 0 Å². The minimum absolute atomic E-state index is 0.711. The van der Waals surface area contributed by atoms with Gasteiger partial charge in [-0.25, -0.2) is 0 Å². The number of hydrogen-bond donors (Lipinski definition) is 0. The van der Waals surface area contributed by atoms with E-state index in [1.807, 2.05) is 6.08 Å². The molecule has 1 fully saturated rings. The first kappa shape index (κ1) is 15.7. The molecule has 1 aliphatic carbocycles. The van der Waals surface area contributed by atoms with Gasteiger partial charge in [0, 0.05) is 14.2 Å². The fourth-order valence-corrected chi connectivity index (χ4v) is 2.52. The Balaban J connectivity index is 0.000000550. The van der Waals surface area contributed by atoms with Gasteiger partial charge in [-0.1, -0.05) is 62.8 Å². The molecule has 0 saturated heterocycles. The zero-order valence-corrected chi connectivity index (χ0v) is 12.3. The first-order valence-corrected chi connectivity index (χ1v) is 7.04. The quantitative estimate of drug-likeness (QED) is 0.725. The van der Waals surface area contributed by atoms with Crippen molar-refractivity contribution in [1.29, 1.82) is 0 Å². The van der Waals surface area contributed by atoms with E-state index >= 15 is 0 Å². The van der Waals surface area contributed by atoms with Crippen molar-refractivity contribution in [1.82, 2.24) is 0 Å². The third kappa shape index (κ3) is 5.04. The average Bonchev–Trinajstić information content (AvgIpc) is 2.48. The second-order valence-electron chi connectivity index (χ2n) is 5.09. The normalized spacial score (nSPS) is 15.3. The molecular weight excluding hydrogens is 232 g/mol. The third-order valence-electron chi connectivity index (χ3n) is 3.62. The Kier molecular flexibility index (Phi) is 7.20. The van der Waals surface area contributed by atoms with E-state index in [9.17, 15) is 0 Å². The summed E-state index contributed by atoms with van der Waals surface area (Å²) in [5.41, 5.74) is 3.81. The molecule has 1 saturated carbocycles. The standard InChI is InChI=1S/C16H20.C2H6O/c1-3-14-9-11-16(12-10-14)13(2)15-7-5-4-6-8-15;1-3-2/h3,9-12,15H,1-2,4-8H2;1-2H3. The molecule has 0 atom stereocenters. The number of ether oxygens (including phenoxy) is 1. The lowest BCUT2D eigenvalue weighted by Gasteiger charge is -2.24. The van der Waals surface area contributed by atoms with E-state index in [1.54, 1.807) is 14.2 Å². The van der Waals surface area contributed by atoms with Gasteiger partial charge < -0.3 is 4.74 Å². The summed E-state index contributed by atoms with van der Waals surface area (Å²) >= 11 is 0. The maximum Gasteiger partial charge on any atom is 0.0351 e. The van der Waals surface area contributed by atoms with Crippen LogP contribution in [-0.2, 0) is 4.74 Å². The van der Waals surface area contributed by atoms with Crippen LogP contribution in [0.15, 0.2) is 37.4 Å². The van der Waals surface area contributed by atoms with Crippen LogP contribution < -0.4 is 0 Å². The maximum absolute atomic E-state index is 4.28.